The summed E-state index contributed by atoms with van der Waals surface area (Å²) < 4.78 is 13.0. The molecule has 0 saturated carbocycles. The molecule has 1 amide bonds. The number of amides is 1. The Balaban J connectivity index is 1.34. The molecule has 0 bridgehead atoms. The number of rotatable bonds is 5. The highest BCUT2D eigenvalue weighted by Gasteiger charge is 2.32. The Hall–Kier alpha value is -1.44. The first-order valence-electron chi connectivity index (χ1n) is 9.98. The summed E-state index contributed by atoms with van der Waals surface area (Å²) in [6, 6.07) is 2.75. The van der Waals surface area contributed by atoms with Gasteiger partial charge in [-0.2, -0.15) is 5.10 Å². The molecule has 2 saturated heterocycles. The second-order valence-corrected chi connectivity index (χ2v) is 7.76. The number of hydrogen-bond donors (Lipinski definition) is 1. The van der Waals surface area contributed by atoms with Crippen LogP contribution in [0, 0.1) is 5.92 Å². The van der Waals surface area contributed by atoms with Crippen LogP contribution in [0.2, 0.25) is 0 Å². The van der Waals surface area contributed by atoms with Gasteiger partial charge in [0, 0.05) is 58.3 Å². The zero-order chi connectivity index (χ0) is 17.8. The fourth-order valence-electron chi connectivity index (χ4n) is 4.39. The average Bonchev–Trinajstić information content (AvgIpc) is 3.17. The van der Waals surface area contributed by atoms with Crippen LogP contribution >= 0.6 is 0 Å². The van der Waals surface area contributed by atoms with Crippen LogP contribution in [-0.2, 0) is 20.8 Å². The van der Waals surface area contributed by atoms with E-state index in [1.807, 2.05) is 6.20 Å². The van der Waals surface area contributed by atoms with Crippen molar-refractivity contribution in [3.63, 3.8) is 0 Å². The van der Waals surface area contributed by atoms with Crippen molar-refractivity contribution in [2.75, 3.05) is 39.5 Å². The monoisotopic (exact) mass is 362 g/mol. The number of aromatic nitrogens is 2. The van der Waals surface area contributed by atoms with E-state index >= 15 is 0 Å². The first-order valence-corrected chi connectivity index (χ1v) is 9.98. The molecule has 1 unspecified atom stereocenters. The highest BCUT2D eigenvalue weighted by Crippen LogP contribution is 2.27. The van der Waals surface area contributed by atoms with E-state index < -0.39 is 0 Å². The highest BCUT2D eigenvalue weighted by molar-refractivity contribution is 5.76. The lowest BCUT2D eigenvalue weighted by molar-refractivity contribution is -0.122. The molecule has 0 spiro atoms. The Morgan fingerprint density at radius 3 is 2.65 bits per heavy atom. The van der Waals surface area contributed by atoms with Gasteiger partial charge in [-0.1, -0.05) is 0 Å². The van der Waals surface area contributed by atoms with E-state index in [0.717, 1.165) is 71.7 Å². The molecule has 3 aliphatic heterocycles. The van der Waals surface area contributed by atoms with E-state index in [4.69, 9.17) is 9.47 Å². The predicted octanol–water partition coefficient (Wildman–Crippen LogP) is 1.35. The fraction of sp³-hybridized carbons (Fsp3) is 0.789. The van der Waals surface area contributed by atoms with E-state index in [9.17, 15) is 4.79 Å². The second-order valence-electron chi connectivity index (χ2n) is 7.76. The van der Waals surface area contributed by atoms with Gasteiger partial charge in [0.15, 0.2) is 0 Å². The Morgan fingerprint density at radius 2 is 1.88 bits per heavy atom. The molecule has 26 heavy (non-hydrogen) atoms. The van der Waals surface area contributed by atoms with Gasteiger partial charge < -0.3 is 14.8 Å². The number of hydrogen-bond acceptors (Lipinski definition) is 5. The molecule has 2 fully saturated rings. The van der Waals surface area contributed by atoms with Gasteiger partial charge in [-0.15, -0.1) is 0 Å². The zero-order valence-corrected chi connectivity index (χ0v) is 15.4. The number of nitrogens with zero attached hydrogens (tertiary/aromatic N) is 3. The quantitative estimate of drug-likeness (QED) is 0.856. The molecule has 0 aromatic carbocycles. The van der Waals surface area contributed by atoms with Crippen LogP contribution in [0.15, 0.2) is 12.3 Å². The Bertz CT molecular complexity index is 593. The fourth-order valence-corrected chi connectivity index (χ4v) is 4.39. The molecule has 7 heteroatoms. The lowest BCUT2D eigenvalue weighted by Gasteiger charge is -2.40. The molecule has 3 aliphatic rings. The van der Waals surface area contributed by atoms with Crippen molar-refractivity contribution in [2.45, 2.75) is 50.7 Å². The maximum absolute atomic E-state index is 12.5. The van der Waals surface area contributed by atoms with E-state index in [1.165, 1.54) is 5.69 Å². The van der Waals surface area contributed by atoms with Gasteiger partial charge in [-0.25, -0.2) is 0 Å². The van der Waals surface area contributed by atoms with Gasteiger partial charge in [-0.05, 0) is 37.7 Å². The summed E-state index contributed by atoms with van der Waals surface area (Å²) in [7, 11) is 0. The molecule has 1 N–H and O–H groups in total. The third-order valence-electron chi connectivity index (χ3n) is 5.97. The first-order chi connectivity index (χ1) is 12.8. The molecule has 4 rings (SSSR count). The van der Waals surface area contributed by atoms with Gasteiger partial charge in [-0.3, -0.25) is 14.4 Å². The van der Waals surface area contributed by atoms with Gasteiger partial charge in [0.1, 0.15) is 0 Å². The number of nitrogens with one attached hydrogen (secondary N) is 1. The topological polar surface area (TPSA) is 68.6 Å². The third kappa shape index (κ3) is 4.27. The Kier molecular flexibility index (Phi) is 5.87. The molecule has 0 radical (unpaired) electrons. The van der Waals surface area contributed by atoms with E-state index in [2.05, 4.69) is 26.1 Å². The minimum absolute atomic E-state index is 0.117. The third-order valence-corrected chi connectivity index (χ3v) is 5.97. The van der Waals surface area contributed by atoms with Crippen molar-refractivity contribution in [3.8, 4) is 0 Å². The molecule has 144 valence electrons. The Morgan fingerprint density at radius 1 is 1.15 bits per heavy atom. The van der Waals surface area contributed by atoms with E-state index in [-0.39, 0.29) is 11.9 Å². The number of fused-ring (bicyclic) bond motifs is 1. The number of ether oxygens (including phenoxy) is 2. The van der Waals surface area contributed by atoms with E-state index in [0.29, 0.717) is 18.4 Å². The molecule has 7 nitrogen and oxygen atoms in total. The van der Waals surface area contributed by atoms with Crippen LogP contribution in [0.3, 0.4) is 0 Å². The minimum atomic E-state index is 0.117. The molecule has 1 aromatic rings. The normalized spacial score (nSPS) is 25.8. The summed E-state index contributed by atoms with van der Waals surface area (Å²) >= 11 is 0. The Labute approximate surface area is 155 Å². The molecule has 1 atom stereocenters. The van der Waals surface area contributed by atoms with Crippen LogP contribution in [-0.4, -0.2) is 66.1 Å². The molecule has 1 aromatic heterocycles. The number of carbonyl (C=O) groups is 1. The largest absolute Gasteiger partial charge is 0.381 e. The van der Waals surface area contributed by atoms with Crippen LogP contribution in [0.25, 0.3) is 0 Å². The summed E-state index contributed by atoms with van der Waals surface area (Å²) in [6.45, 7) is 5.91. The summed E-state index contributed by atoms with van der Waals surface area (Å²) in [4.78, 5) is 15.1. The number of carbonyl (C=O) groups excluding carboxylic acids is 1. The molecular formula is C19H30N4O3. The van der Waals surface area contributed by atoms with Crippen molar-refractivity contribution in [1.82, 2.24) is 20.0 Å². The van der Waals surface area contributed by atoms with Crippen molar-refractivity contribution in [3.05, 3.63) is 18.0 Å². The first kappa shape index (κ1) is 17.9. The zero-order valence-electron chi connectivity index (χ0n) is 15.4. The van der Waals surface area contributed by atoms with Gasteiger partial charge >= 0.3 is 0 Å². The molecule has 4 heterocycles. The smallest absolute Gasteiger partial charge is 0.222 e. The SMILES string of the molecule is O=C(CC1CN(C2CCOCC2)Cc2ccnn21)NCC1CCOCC1. The second kappa shape index (κ2) is 8.50. The summed E-state index contributed by atoms with van der Waals surface area (Å²) in [5.74, 6) is 0.690. The van der Waals surface area contributed by atoms with Gasteiger partial charge in [0.25, 0.3) is 0 Å². The van der Waals surface area contributed by atoms with E-state index in [1.54, 1.807) is 0 Å². The van der Waals surface area contributed by atoms with Crippen LogP contribution in [0.1, 0.15) is 43.8 Å². The minimum Gasteiger partial charge on any atom is -0.381 e. The maximum atomic E-state index is 12.5. The van der Waals surface area contributed by atoms with Crippen LogP contribution in [0.5, 0.6) is 0 Å². The summed E-state index contributed by atoms with van der Waals surface area (Å²) in [6.07, 6.45) is 6.61. The average molecular weight is 362 g/mol. The molecular weight excluding hydrogens is 332 g/mol. The lowest BCUT2D eigenvalue weighted by Crippen LogP contribution is -2.46. The summed E-state index contributed by atoms with van der Waals surface area (Å²) in [5.41, 5.74) is 1.21. The highest BCUT2D eigenvalue weighted by atomic mass is 16.5. The lowest BCUT2D eigenvalue weighted by atomic mass is 10.00. The van der Waals surface area contributed by atoms with Crippen LogP contribution in [0.4, 0.5) is 0 Å². The molecule has 0 aliphatic carbocycles. The predicted molar refractivity (Wildman–Crippen MR) is 96.7 cm³/mol. The van der Waals surface area contributed by atoms with Crippen molar-refractivity contribution in [2.24, 2.45) is 5.92 Å². The van der Waals surface area contributed by atoms with Crippen molar-refractivity contribution < 1.29 is 14.3 Å². The standard InChI is InChI=1S/C19H30N4O3/c24-19(20-12-15-2-7-25-8-3-15)11-18-14-22(16-4-9-26-10-5-16)13-17-1-6-21-23(17)18/h1,6,15-16,18H,2-5,7-14H2,(H,20,24). The van der Waals surface area contributed by atoms with Crippen molar-refractivity contribution in [1.29, 1.82) is 0 Å². The summed E-state index contributed by atoms with van der Waals surface area (Å²) in [5, 5.41) is 7.63. The van der Waals surface area contributed by atoms with Crippen molar-refractivity contribution >= 4 is 5.91 Å². The van der Waals surface area contributed by atoms with Gasteiger partial charge in [0.2, 0.25) is 5.91 Å². The van der Waals surface area contributed by atoms with Crippen LogP contribution < -0.4 is 5.32 Å². The maximum Gasteiger partial charge on any atom is 0.222 e. The van der Waals surface area contributed by atoms with Gasteiger partial charge in [0.05, 0.1) is 18.2 Å².